The van der Waals surface area contributed by atoms with E-state index in [-0.39, 0.29) is 12.4 Å². The van der Waals surface area contributed by atoms with E-state index in [2.05, 4.69) is 22.6 Å². The van der Waals surface area contributed by atoms with Crippen LogP contribution in [0.5, 0.6) is 0 Å². The van der Waals surface area contributed by atoms with Gasteiger partial charge < -0.3 is 9.84 Å². The lowest BCUT2D eigenvalue weighted by Crippen LogP contribution is -2.04. The average molecular weight is 442 g/mol. The smallest absolute Gasteiger partial charge is 0.338 e. The highest BCUT2D eigenvalue weighted by molar-refractivity contribution is 14.1. The molecule has 0 unspecified atom stereocenters. The third-order valence-electron chi connectivity index (χ3n) is 2.96. The fraction of sp³-hybridized carbons (Fsp3) is 0.176. The standard InChI is InChI=1S/C17H15IO4S/c1-2-22-17(21)11-3-6-14(7-4-11)23-15-8-5-13(18)9-12(15)10-16(19)20/h3-9H,2,10H2,1H3,(H,19,20). The van der Waals surface area contributed by atoms with Gasteiger partial charge in [0.15, 0.2) is 0 Å². The van der Waals surface area contributed by atoms with Gasteiger partial charge in [-0.1, -0.05) is 11.8 Å². The Balaban J connectivity index is 2.19. The van der Waals surface area contributed by atoms with Crippen LogP contribution in [0, 0.1) is 3.57 Å². The molecule has 4 nitrogen and oxygen atoms in total. The summed E-state index contributed by atoms with van der Waals surface area (Å²) in [6, 6.07) is 12.8. The van der Waals surface area contributed by atoms with Gasteiger partial charge in [-0.2, -0.15) is 0 Å². The molecule has 0 spiro atoms. The van der Waals surface area contributed by atoms with Crippen LogP contribution in [0.3, 0.4) is 0 Å². The number of carboxylic acids is 1. The number of ether oxygens (including phenoxy) is 1. The molecule has 2 rings (SSSR count). The summed E-state index contributed by atoms with van der Waals surface area (Å²) in [7, 11) is 0. The van der Waals surface area contributed by atoms with Crippen molar-refractivity contribution in [3.05, 3.63) is 57.2 Å². The zero-order valence-corrected chi connectivity index (χ0v) is 15.4. The molecular weight excluding hydrogens is 427 g/mol. The van der Waals surface area contributed by atoms with E-state index in [1.54, 1.807) is 19.1 Å². The summed E-state index contributed by atoms with van der Waals surface area (Å²) in [4.78, 5) is 24.5. The SMILES string of the molecule is CCOC(=O)c1ccc(Sc2ccc(I)cc2CC(=O)O)cc1. The van der Waals surface area contributed by atoms with Crippen LogP contribution < -0.4 is 0 Å². The Kier molecular flexibility index (Phi) is 6.47. The Morgan fingerprint density at radius 1 is 1.17 bits per heavy atom. The zero-order chi connectivity index (χ0) is 16.8. The summed E-state index contributed by atoms with van der Waals surface area (Å²) in [5.41, 5.74) is 1.29. The molecule has 0 saturated heterocycles. The van der Waals surface area contributed by atoms with Crippen LogP contribution in [-0.4, -0.2) is 23.7 Å². The van der Waals surface area contributed by atoms with Crippen molar-refractivity contribution < 1.29 is 19.4 Å². The Bertz CT molecular complexity index is 713. The molecule has 1 N–H and O–H groups in total. The van der Waals surface area contributed by atoms with Gasteiger partial charge in [-0.25, -0.2) is 4.79 Å². The maximum absolute atomic E-state index is 11.6. The van der Waals surface area contributed by atoms with Crippen molar-refractivity contribution >= 4 is 46.3 Å². The second kappa shape index (κ2) is 8.35. The number of halogens is 1. The highest BCUT2D eigenvalue weighted by Gasteiger charge is 2.10. The summed E-state index contributed by atoms with van der Waals surface area (Å²) in [5, 5.41) is 9.03. The zero-order valence-electron chi connectivity index (χ0n) is 12.4. The van der Waals surface area contributed by atoms with Crippen molar-refractivity contribution in [3.63, 3.8) is 0 Å². The molecule has 0 aliphatic carbocycles. The Morgan fingerprint density at radius 2 is 1.87 bits per heavy atom. The summed E-state index contributed by atoms with van der Waals surface area (Å²) < 4.78 is 5.95. The highest BCUT2D eigenvalue weighted by Crippen LogP contribution is 2.32. The molecule has 0 bridgehead atoms. The lowest BCUT2D eigenvalue weighted by atomic mass is 10.1. The first kappa shape index (κ1) is 17.8. The van der Waals surface area contributed by atoms with Crippen molar-refractivity contribution in [1.82, 2.24) is 0 Å². The average Bonchev–Trinajstić information content (AvgIpc) is 2.50. The second-order valence-corrected chi connectivity index (χ2v) is 7.03. The normalized spacial score (nSPS) is 10.3. The van der Waals surface area contributed by atoms with E-state index in [1.807, 2.05) is 30.3 Å². The van der Waals surface area contributed by atoms with Crippen LogP contribution in [0.2, 0.25) is 0 Å². The van der Waals surface area contributed by atoms with Gasteiger partial charge >= 0.3 is 11.9 Å². The first-order valence-corrected chi connectivity index (χ1v) is 8.84. The van der Waals surface area contributed by atoms with E-state index in [1.165, 1.54) is 11.8 Å². The third kappa shape index (κ3) is 5.24. The van der Waals surface area contributed by atoms with Crippen LogP contribution in [0.15, 0.2) is 52.3 Å². The molecule has 0 aliphatic heterocycles. The topological polar surface area (TPSA) is 63.6 Å². The van der Waals surface area contributed by atoms with Gasteiger partial charge in [0, 0.05) is 13.4 Å². The van der Waals surface area contributed by atoms with Gasteiger partial charge in [0.2, 0.25) is 0 Å². The summed E-state index contributed by atoms with van der Waals surface area (Å²) in [6.07, 6.45) is -0.0138. The number of carboxylic acid groups (broad SMARTS) is 1. The van der Waals surface area contributed by atoms with Crippen LogP contribution in [-0.2, 0) is 16.0 Å². The van der Waals surface area contributed by atoms with Crippen molar-refractivity contribution in [2.45, 2.75) is 23.1 Å². The first-order chi connectivity index (χ1) is 11.0. The maximum atomic E-state index is 11.6. The molecule has 0 amide bonds. The van der Waals surface area contributed by atoms with E-state index in [0.717, 1.165) is 18.9 Å². The summed E-state index contributed by atoms with van der Waals surface area (Å²) in [5.74, 6) is -1.20. The fourth-order valence-corrected chi connectivity index (χ4v) is 3.43. The lowest BCUT2D eigenvalue weighted by molar-refractivity contribution is -0.136. The Morgan fingerprint density at radius 3 is 2.48 bits per heavy atom. The first-order valence-electron chi connectivity index (χ1n) is 6.95. The molecular formula is C17H15IO4S. The van der Waals surface area contributed by atoms with Gasteiger partial charge in [0.05, 0.1) is 18.6 Å². The molecule has 0 aromatic heterocycles. The van der Waals surface area contributed by atoms with Crippen molar-refractivity contribution in [3.8, 4) is 0 Å². The van der Waals surface area contributed by atoms with E-state index in [0.29, 0.717) is 12.2 Å². The molecule has 0 atom stereocenters. The predicted molar refractivity (Wildman–Crippen MR) is 97.0 cm³/mol. The minimum absolute atomic E-state index is 0.0138. The van der Waals surface area contributed by atoms with Crippen LogP contribution in [0.4, 0.5) is 0 Å². The number of carbonyl (C=O) groups excluding carboxylic acids is 1. The molecule has 2 aromatic carbocycles. The number of carbonyl (C=O) groups is 2. The quantitative estimate of drug-likeness (QED) is 0.536. The monoisotopic (exact) mass is 442 g/mol. The summed E-state index contributed by atoms with van der Waals surface area (Å²) >= 11 is 3.65. The minimum atomic E-state index is -0.855. The number of benzene rings is 2. The van der Waals surface area contributed by atoms with Gasteiger partial charge in [0.25, 0.3) is 0 Å². The summed E-state index contributed by atoms with van der Waals surface area (Å²) in [6.45, 7) is 2.11. The largest absolute Gasteiger partial charge is 0.481 e. The number of esters is 1. The van der Waals surface area contributed by atoms with Crippen LogP contribution in [0.1, 0.15) is 22.8 Å². The van der Waals surface area contributed by atoms with Crippen molar-refractivity contribution in [2.24, 2.45) is 0 Å². The van der Waals surface area contributed by atoms with E-state index in [9.17, 15) is 9.59 Å². The number of hydrogen-bond donors (Lipinski definition) is 1. The predicted octanol–water partition coefficient (Wildman–Crippen LogP) is 4.25. The maximum Gasteiger partial charge on any atom is 0.338 e. The fourth-order valence-electron chi connectivity index (χ4n) is 1.95. The molecule has 23 heavy (non-hydrogen) atoms. The molecule has 0 heterocycles. The van der Waals surface area contributed by atoms with Crippen molar-refractivity contribution in [2.75, 3.05) is 6.61 Å². The van der Waals surface area contributed by atoms with Gasteiger partial charge in [-0.15, -0.1) is 0 Å². The number of hydrogen-bond acceptors (Lipinski definition) is 4. The lowest BCUT2D eigenvalue weighted by Gasteiger charge is -2.09. The van der Waals surface area contributed by atoms with Gasteiger partial charge in [-0.3, -0.25) is 4.79 Å². The Labute approximate surface area is 152 Å². The van der Waals surface area contributed by atoms with Crippen LogP contribution in [0.25, 0.3) is 0 Å². The molecule has 0 radical (unpaired) electrons. The van der Waals surface area contributed by atoms with E-state index in [4.69, 9.17) is 9.84 Å². The minimum Gasteiger partial charge on any atom is -0.481 e. The van der Waals surface area contributed by atoms with Crippen LogP contribution >= 0.6 is 34.4 Å². The molecule has 0 fully saturated rings. The number of aliphatic carboxylic acids is 1. The molecule has 120 valence electrons. The van der Waals surface area contributed by atoms with E-state index < -0.39 is 5.97 Å². The highest BCUT2D eigenvalue weighted by atomic mass is 127. The molecule has 6 heteroatoms. The second-order valence-electron chi connectivity index (χ2n) is 4.67. The molecule has 2 aromatic rings. The van der Waals surface area contributed by atoms with Gasteiger partial charge in [-0.05, 0) is 77.5 Å². The van der Waals surface area contributed by atoms with Gasteiger partial charge in [0.1, 0.15) is 0 Å². The number of rotatable bonds is 6. The third-order valence-corrected chi connectivity index (χ3v) is 4.75. The Hall–Kier alpha value is -1.54. The molecule has 0 saturated carbocycles. The van der Waals surface area contributed by atoms with Crippen molar-refractivity contribution in [1.29, 1.82) is 0 Å². The molecule has 0 aliphatic rings. The van der Waals surface area contributed by atoms with E-state index >= 15 is 0 Å².